The molecule has 31 heavy (non-hydrogen) atoms. The molecule has 3 aromatic rings. The highest BCUT2D eigenvalue weighted by Crippen LogP contribution is 2.32. The zero-order valence-corrected chi connectivity index (χ0v) is 18.1. The lowest BCUT2D eigenvalue weighted by atomic mass is 10.0. The number of carbonyl (C=O) groups excluding carboxylic acids is 2. The molecule has 1 aromatic heterocycles. The molecule has 2 aromatic carbocycles. The number of anilines is 1. The second kappa shape index (κ2) is 8.30. The van der Waals surface area contributed by atoms with E-state index in [1.165, 1.54) is 17.7 Å². The molecule has 2 amide bonds. The molecule has 2 aliphatic rings. The minimum atomic E-state index is -0.554. The van der Waals surface area contributed by atoms with Crippen LogP contribution in [0.1, 0.15) is 53.0 Å². The molecule has 2 N–H and O–H groups in total. The molecule has 0 bridgehead atoms. The Bertz CT molecular complexity index is 1130. The Labute approximate surface area is 184 Å². The van der Waals surface area contributed by atoms with Crippen LogP contribution in [0.2, 0.25) is 0 Å². The van der Waals surface area contributed by atoms with E-state index in [1.54, 1.807) is 28.4 Å². The number of benzene rings is 2. The summed E-state index contributed by atoms with van der Waals surface area (Å²) in [5, 5.41) is 15.8. The van der Waals surface area contributed by atoms with Crippen LogP contribution in [0.3, 0.4) is 0 Å². The van der Waals surface area contributed by atoms with E-state index in [-0.39, 0.29) is 23.1 Å². The van der Waals surface area contributed by atoms with Crippen molar-refractivity contribution in [2.45, 2.75) is 51.0 Å². The van der Waals surface area contributed by atoms with E-state index in [4.69, 9.17) is 0 Å². The van der Waals surface area contributed by atoms with Gasteiger partial charge in [0, 0.05) is 16.8 Å². The first-order valence-electron chi connectivity index (χ1n) is 10.9. The molecule has 160 valence electrons. The van der Waals surface area contributed by atoms with Gasteiger partial charge in [-0.2, -0.15) is 0 Å². The summed E-state index contributed by atoms with van der Waals surface area (Å²) in [6, 6.07) is 10.3. The van der Waals surface area contributed by atoms with Crippen LogP contribution in [0, 0.1) is 0 Å². The molecule has 6 nitrogen and oxygen atoms in total. The van der Waals surface area contributed by atoms with E-state index in [0.717, 1.165) is 36.8 Å². The number of rotatable bonds is 3. The zero-order chi connectivity index (χ0) is 21.4. The molecule has 1 atom stereocenters. The summed E-state index contributed by atoms with van der Waals surface area (Å²) in [5.74, 6) is -0.538. The third kappa shape index (κ3) is 3.78. The summed E-state index contributed by atoms with van der Waals surface area (Å²) < 4.78 is 0. The predicted molar refractivity (Wildman–Crippen MR) is 122 cm³/mol. The number of carbonyl (C=O) groups is 2. The van der Waals surface area contributed by atoms with Crippen molar-refractivity contribution < 1.29 is 14.7 Å². The Morgan fingerprint density at radius 3 is 2.81 bits per heavy atom. The standard InChI is InChI=1S/C24H25N3O3S/c28-21-16-8-5-4-7-15(16)12-13-17(21)23(30)27-14-6-10-19(27)22(29)26-24-25-18-9-2-1-3-11-20(18)31-24/h4-5,7-8,12-13,19,28H,1-3,6,9-11,14H2,(H,25,26,29). The number of phenolic OH excluding ortho intramolecular Hbond substituents is 1. The fourth-order valence-electron chi connectivity index (χ4n) is 4.64. The zero-order valence-electron chi connectivity index (χ0n) is 17.3. The maximum absolute atomic E-state index is 13.2. The SMILES string of the molecule is O=C(Nc1nc2c(s1)CCCCC2)C1CCCN1C(=O)c1ccc2ccccc2c1O. The monoisotopic (exact) mass is 435 g/mol. The molecular weight excluding hydrogens is 410 g/mol. The van der Waals surface area contributed by atoms with Crippen molar-refractivity contribution in [1.29, 1.82) is 0 Å². The van der Waals surface area contributed by atoms with Gasteiger partial charge in [0.2, 0.25) is 5.91 Å². The van der Waals surface area contributed by atoms with Crippen molar-refractivity contribution in [3.63, 3.8) is 0 Å². The number of hydrogen-bond acceptors (Lipinski definition) is 5. The van der Waals surface area contributed by atoms with Crippen LogP contribution in [0.25, 0.3) is 10.8 Å². The number of thiazole rings is 1. The minimum absolute atomic E-state index is 0.0298. The molecule has 1 aliphatic carbocycles. The van der Waals surface area contributed by atoms with Crippen LogP contribution in [-0.4, -0.2) is 39.4 Å². The van der Waals surface area contributed by atoms with Crippen molar-refractivity contribution in [1.82, 2.24) is 9.88 Å². The van der Waals surface area contributed by atoms with Gasteiger partial charge >= 0.3 is 0 Å². The summed E-state index contributed by atoms with van der Waals surface area (Å²) in [7, 11) is 0. The van der Waals surface area contributed by atoms with E-state index < -0.39 is 6.04 Å². The van der Waals surface area contributed by atoms with E-state index >= 15 is 0 Å². The van der Waals surface area contributed by atoms with E-state index in [9.17, 15) is 14.7 Å². The number of nitrogens with zero attached hydrogens (tertiary/aromatic N) is 2. The van der Waals surface area contributed by atoms with E-state index in [0.29, 0.717) is 23.5 Å². The van der Waals surface area contributed by atoms with Crippen molar-refractivity contribution in [3.8, 4) is 5.75 Å². The minimum Gasteiger partial charge on any atom is -0.506 e. The van der Waals surface area contributed by atoms with Crippen molar-refractivity contribution in [2.75, 3.05) is 11.9 Å². The van der Waals surface area contributed by atoms with Gasteiger partial charge < -0.3 is 15.3 Å². The molecule has 5 rings (SSSR count). The van der Waals surface area contributed by atoms with Crippen molar-refractivity contribution >= 4 is 39.1 Å². The van der Waals surface area contributed by atoms with E-state index in [2.05, 4.69) is 10.3 Å². The smallest absolute Gasteiger partial charge is 0.258 e. The number of phenols is 1. The first-order chi connectivity index (χ1) is 15.1. The van der Waals surface area contributed by atoms with Crippen molar-refractivity contribution in [2.24, 2.45) is 0 Å². The molecule has 2 heterocycles. The van der Waals surface area contributed by atoms with Crippen molar-refractivity contribution in [3.05, 3.63) is 52.5 Å². The summed E-state index contributed by atoms with van der Waals surface area (Å²) in [6.45, 7) is 0.498. The van der Waals surface area contributed by atoms with Gasteiger partial charge in [-0.25, -0.2) is 4.98 Å². The van der Waals surface area contributed by atoms with Crippen LogP contribution >= 0.6 is 11.3 Å². The van der Waals surface area contributed by atoms with Crippen LogP contribution in [0.15, 0.2) is 36.4 Å². The number of fused-ring (bicyclic) bond motifs is 2. The largest absolute Gasteiger partial charge is 0.506 e. The summed E-state index contributed by atoms with van der Waals surface area (Å²) >= 11 is 1.56. The number of hydrogen-bond donors (Lipinski definition) is 2. The maximum Gasteiger partial charge on any atom is 0.258 e. The predicted octanol–water partition coefficient (Wildman–Crippen LogP) is 4.51. The van der Waals surface area contributed by atoms with Gasteiger partial charge in [-0.3, -0.25) is 9.59 Å². The number of likely N-dealkylation sites (tertiary alicyclic amines) is 1. The second-order valence-corrected chi connectivity index (χ2v) is 9.36. The Morgan fingerprint density at radius 1 is 1.06 bits per heavy atom. The van der Waals surface area contributed by atoms with Gasteiger partial charge in [-0.1, -0.05) is 36.8 Å². The molecule has 1 unspecified atom stereocenters. The Morgan fingerprint density at radius 2 is 1.90 bits per heavy atom. The first-order valence-corrected chi connectivity index (χ1v) is 11.7. The normalized spacial score (nSPS) is 18.6. The van der Waals surface area contributed by atoms with Gasteiger partial charge in [0.05, 0.1) is 11.3 Å². The molecule has 0 spiro atoms. The molecule has 7 heteroatoms. The Hall–Kier alpha value is -2.93. The molecule has 1 aliphatic heterocycles. The summed E-state index contributed by atoms with van der Waals surface area (Å²) in [4.78, 5) is 33.8. The molecule has 0 radical (unpaired) electrons. The van der Waals surface area contributed by atoms with Gasteiger partial charge in [-0.05, 0) is 50.0 Å². The average molecular weight is 436 g/mol. The van der Waals surface area contributed by atoms with Crippen LogP contribution in [-0.2, 0) is 17.6 Å². The third-order valence-corrected chi connectivity index (χ3v) is 7.35. The second-order valence-electron chi connectivity index (χ2n) is 8.28. The first kappa shape index (κ1) is 20.0. The number of aryl methyl sites for hydroxylation is 2. The highest BCUT2D eigenvalue weighted by molar-refractivity contribution is 7.15. The number of aromatic hydroxyl groups is 1. The molecule has 0 saturated carbocycles. The van der Waals surface area contributed by atoms with Gasteiger partial charge in [0.15, 0.2) is 5.13 Å². The lowest BCUT2D eigenvalue weighted by molar-refractivity contribution is -0.119. The quantitative estimate of drug-likeness (QED) is 0.593. The number of nitrogens with one attached hydrogen (secondary N) is 1. The summed E-state index contributed by atoms with van der Waals surface area (Å²) in [6.07, 6.45) is 6.90. The van der Waals surface area contributed by atoms with Crippen LogP contribution in [0.4, 0.5) is 5.13 Å². The molecule has 1 fully saturated rings. The van der Waals surface area contributed by atoms with Gasteiger partial charge in [-0.15, -0.1) is 11.3 Å². The maximum atomic E-state index is 13.2. The number of aromatic nitrogens is 1. The lowest BCUT2D eigenvalue weighted by Crippen LogP contribution is -2.43. The van der Waals surface area contributed by atoms with E-state index in [1.807, 2.05) is 24.3 Å². The molecular formula is C24H25N3O3S. The highest BCUT2D eigenvalue weighted by atomic mass is 32.1. The lowest BCUT2D eigenvalue weighted by Gasteiger charge is -2.24. The Kier molecular flexibility index (Phi) is 5.36. The fourth-order valence-corrected chi connectivity index (χ4v) is 5.69. The highest BCUT2D eigenvalue weighted by Gasteiger charge is 2.36. The average Bonchev–Trinajstić information content (AvgIpc) is 3.36. The number of amides is 2. The van der Waals surface area contributed by atoms with Crippen LogP contribution in [0.5, 0.6) is 5.75 Å². The summed E-state index contributed by atoms with van der Waals surface area (Å²) in [5.41, 5.74) is 1.35. The third-order valence-electron chi connectivity index (χ3n) is 6.27. The molecule has 1 saturated heterocycles. The van der Waals surface area contributed by atoms with Gasteiger partial charge in [0.25, 0.3) is 5.91 Å². The van der Waals surface area contributed by atoms with Crippen LogP contribution < -0.4 is 5.32 Å². The fraction of sp³-hybridized carbons (Fsp3) is 0.375. The topological polar surface area (TPSA) is 82.5 Å². The Balaban J connectivity index is 1.35. The van der Waals surface area contributed by atoms with Gasteiger partial charge in [0.1, 0.15) is 11.8 Å².